The van der Waals surface area contributed by atoms with Gasteiger partial charge in [0.15, 0.2) is 0 Å². The normalized spacial score (nSPS) is 12.8. The fourth-order valence-electron chi connectivity index (χ4n) is 1.80. The Kier molecular flexibility index (Phi) is 7.67. The summed E-state index contributed by atoms with van der Waals surface area (Å²) < 4.78 is 14.6. The van der Waals surface area contributed by atoms with Crippen LogP contribution in [0.1, 0.15) is 31.7 Å². The average molecular weight is 308 g/mol. The Hall–Kier alpha value is -2.37. The van der Waals surface area contributed by atoms with Gasteiger partial charge in [-0.2, -0.15) is 0 Å². The van der Waals surface area contributed by atoms with Crippen LogP contribution in [0, 0.1) is 0 Å². The molecule has 0 saturated heterocycles. The summed E-state index contributed by atoms with van der Waals surface area (Å²) in [6.45, 7) is 3.53. The molecule has 0 radical (unpaired) electrons. The van der Waals surface area contributed by atoms with Crippen molar-refractivity contribution in [3.05, 3.63) is 35.9 Å². The molecule has 0 aliphatic carbocycles. The fraction of sp³-hybridized carbons (Fsp3) is 0.438. The molecule has 0 bridgehead atoms. The Labute approximate surface area is 129 Å². The van der Waals surface area contributed by atoms with Crippen molar-refractivity contribution in [1.29, 1.82) is 0 Å². The highest BCUT2D eigenvalue weighted by Gasteiger charge is 2.22. The number of ether oxygens (including phenoxy) is 3. The third-order valence-corrected chi connectivity index (χ3v) is 3.01. The Morgan fingerprint density at radius 3 is 2.45 bits per heavy atom. The zero-order valence-corrected chi connectivity index (χ0v) is 12.7. The van der Waals surface area contributed by atoms with Crippen LogP contribution >= 0.6 is 0 Å². The van der Waals surface area contributed by atoms with Crippen molar-refractivity contribution < 1.29 is 28.6 Å². The number of rotatable bonds is 9. The molecule has 0 saturated carbocycles. The first-order chi connectivity index (χ1) is 10.5. The summed E-state index contributed by atoms with van der Waals surface area (Å²) in [5.41, 5.74) is 1.04. The van der Waals surface area contributed by atoms with Gasteiger partial charge in [-0.05, 0) is 5.56 Å². The van der Waals surface area contributed by atoms with Crippen molar-refractivity contribution in [1.82, 2.24) is 0 Å². The lowest BCUT2D eigenvalue weighted by Crippen LogP contribution is -2.29. The van der Waals surface area contributed by atoms with Gasteiger partial charge in [0.1, 0.15) is 0 Å². The van der Waals surface area contributed by atoms with Gasteiger partial charge in [-0.1, -0.05) is 37.3 Å². The first kappa shape index (κ1) is 17.7. The number of carbonyl (C=O) groups is 3. The molecule has 0 aromatic heterocycles. The van der Waals surface area contributed by atoms with Gasteiger partial charge in [0.2, 0.25) is 6.10 Å². The van der Waals surface area contributed by atoms with E-state index in [0.717, 1.165) is 5.56 Å². The van der Waals surface area contributed by atoms with Crippen LogP contribution in [0.4, 0.5) is 0 Å². The molecule has 22 heavy (non-hydrogen) atoms. The lowest BCUT2D eigenvalue weighted by molar-refractivity contribution is -0.164. The Morgan fingerprint density at radius 1 is 1.18 bits per heavy atom. The first-order valence-corrected chi connectivity index (χ1v) is 6.98. The minimum Gasteiger partial charge on any atom is -0.466 e. The van der Waals surface area contributed by atoms with Crippen LogP contribution in [0.25, 0.3) is 0 Å². The molecule has 1 aromatic carbocycles. The summed E-state index contributed by atoms with van der Waals surface area (Å²) in [6, 6.07) is 9.61. The minimum absolute atomic E-state index is 0.0167. The SMILES string of the molecule is CC(=O)OCCC(OC=O)C(=O)OCC(C)c1ccccc1. The third-order valence-electron chi connectivity index (χ3n) is 3.01. The van der Waals surface area contributed by atoms with Crippen molar-refractivity contribution in [2.24, 2.45) is 0 Å². The van der Waals surface area contributed by atoms with Crippen LogP contribution in [0.15, 0.2) is 30.3 Å². The molecule has 1 aromatic rings. The van der Waals surface area contributed by atoms with Gasteiger partial charge in [0.25, 0.3) is 6.47 Å². The molecule has 0 N–H and O–H groups in total. The molecule has 6 heteroatoms. The van der Waals surface area contributed by atoms with Gasteiger partial charge in [-0.25, -0.2) is 4.79 Å². The van der Waals surface area contributed by atoms with Crippen LogP contribution in [0.5, 0.6) is 0 Å². The van der Waals surface area contributed by atoms with E-state index in [1.807, 2.05) is 37.3 Å². The van der Waals surface area contributed by atoms with Crippen molar-refractivity contribution in [3.63, 3.8) is 0 Å². The molecule has 1 rings (SSSR count). The second-order valence-corrected chi connectivity index (χ2v) is 4.79. The lowest BCUT2D eigenvalue weighted by atomic mass is 10.0. The molecule has 2 unspecified atom stereocenters. The van der Waals surface area contributed by atoms with Gasteiger partial charge in [0, 0.05) is 19.3 Å². The second kappa shape index (κ2) is 9.55. The first-order valence-electron chi connectivity index (χ1n) is 6.98. The predicted octanol–water partition coefficient (Wildman–Crippen LogP) is 1.83. The largest absolute Gasteiger partial charge is 0.466 e. The third kappa shape index (κ3) is 6.39. The maximum atomic E-state index is 11.9. The van der Waals surface area contributed by atoms with E-state index >= 15 is 0 Å². The van der Waals surface area contributed by atoms with Crippen LogP contribution < -0.4 is 0 Å². The number of hydrogen-bond donors (Lipinski definition) is 0. The maximum Gasteiger partial charge on any atom is 0.347 e. The zero-order valence-electron chi connectivity index (χ0n) is 12.7. The van der Waals surface area contributed by atoms with Crippen LogP contribution in [-0.2, 0) is 28.6 Å². The van der Waals surface area contributed by atoms with Gasteiger partial charge in [-0.15, -0.1) is 0 Å². The smallest absolute Gasteiger partial charge is 0.347 e. The predicted molar refractivity (Wildman–Crippen MR) is 78.0 cm³/mol. The molecule has 0 heterocycles. The molecular formula is C16H20O6. The minimum atomic E-state index is -1.07. The van der Waals surface area contributed by atoms with Crippen molar-refractivity contribution in [2.75, 3.05) is 13.2 Å². The van der Waals surface area contributed by atoms with Crippen molar-refractivity contribution >= 4 is 18.4 Å². The molecule has 2 atom stereocenters. The van der Waals surface area contributed by atoms with Crippen LogP contribution in [0.2, 0.25) is 0 Å². The standard InChI is InChI=1S/C16H20O6/c1-12(14-6-4-3-5-7-14)10-21-16(19)15(22-11-17)8-9-20-13(2)18/h3-7,11-12,15H,8-10H2,1-2H3. The summed E-state index contributed by atoms with van der Waals surface area (Å²) in [7, 11) is 0. The van der Waals surface area contributed by atoms with Gasteiger partial charge in [0.05, 0.1) is 13.2 Å². The number of carbonyl (C=O) groups excluding carboxylic acids is 3. The average Bonchev–Trinajstić information content (AvgIpc) is 2.52. The lowest BCUT2D eigenvalue weighted by Gasteiger charge is -2.17. The number of esters is 2. The van der Waals surface area contributed by atoms with E-state index in [1.165, 1.54) is 6.92 Å². The van der Waals surface area contributed by atoms with Gasteiger partial charge in [-0.3, -0.25) is 9.59 Å². The summed E-state index contributed by atoms with van der Waals surface area (Å²) in [5.74, 6) is -1.09. The molecule has 0 aliphatic rings. The molecule has 120 valence electrons. The monoisotopic (exact) mass is 308 g/mol. The molecular weight excluding hydrogens is 288 g/mol. The zero-order chi connectivity index (χ0) is 16.4. The van der Waals surface area contributed by atoms with Gasteiger partial charge >= 0.3 is 11.9 Å². The molecule has 0 fully saturated rings. The summed E-state index contributed by atoms with van der Waals surface area (Å²) in [4.78, 5) is 33.0. The second-order valence-electron chi connectivity index (χ2n) is 4.79. The fourth-order valence-corrected chi connectivity index (χ4v) is 1.80. The molecule has 0 amide bonds. The van der Waals surface area contributed by atoms with Crippen LogP contribution in [-0.4, -0.2) is 37.7 Å². The van der Waals surface area contributed by atoms with E-state index in [9.17, 15) is 14.4 Å². The molecule has 6 nitrogen and oxygen atoms in total. The van der Waals surface area contributed by atoms with Gasteiger partial charge < -0.3 is 14.2 Å². The number of benzene rings is 1. The Morgan fingerprint density at radius 2 is 1.86 bits per heavy atom. The van der Waals surface area contributed by atoms with E-state index in [-0.39, 0.29) is 32.0 Å². The van der Waals surface area contributed by atoms with E-state index in [2.05, 4.69) is 4.74 Å². The quantitative estimate of drug-likeness (QED) is 0.393. The summed E-state index contributed by atoms with van der Waals surface area (Å²) in [6.07, 6.45) is -1.00. The van der Waals surface area contributed by atoms with Crippen molar-refractivity contribution in [3.8, 4) is 0 Å². The Bertz CT molecular complexity index is 485. The number of hydrogen-bond acceptors (Lipinski definition) is 6. The molecule has 0 aliphatic heterocycles. The highest BCUT2D eigenvalue weighted by Crippen LogP contribution is 2.15. The summed E-state index contributed by atoms with van der Waals surface area (Å²) in [5, 5.41) is 0. The highest BCUT2D eigenvalue weighted by molar-refractivity contribution is 5.76. The Balaban J connectivity index is 2.45. The highest BCUT2D eigenvalue weighted by atomic mass is 16.6. The van der Waals surface area contributed by atoms with Crippen LogP contribution in [0.3, 0.4) is 0 Å². The summed E-state index contributed by atoms with van der Waals surface area (Å²) >= 11 is 0. The van der Waals surface area contributed by atoms with E-state index in [1.54, 1.807) is 0 Å². The topological polar surface area (TPSA) is 78.9 Å². The molecule has 0 spiro atoms. The van der Waals surface area contributed by atoms with E-state index in [0.29, 0.717) is 0 Å². The maximum absolute atomic E-state index is 11.9. The van der Waals surface area contributed by atoms with E-state index in [4.69, 9.17) is 9.47 Å². The van der Waals surface area contributed by atoms with E-state index < -0.39 is 18.0 Å². The van der Waals surface area contributed by atoms with Crippen molar-refractivity contribution in [2.45, 2.75) is 32.3 Å².